The minimum absolute atomic E-state index is 0.0323. The Morgan fingerprint density at radius 1 is 1.36 bits per heavy atom. The highest BCUT2D eigenvalue weighted by molar-refractivity contribution is 7.12. The molecular weight excluding hydrogens is 296 g/mol. The molecule has 0 fully saturated rings. The maximum atomic E-state index is 12.2. The lowest BCUT2D eigenvalue weighted by Crippen LogP contribution is -2.41. The molecule has 0 aliphatic heterocycles. The van der Waals surface area contributed by atoms with Crippen molar-refractivity contribution in [2.75, 3.05) is 0 Å². The van der Waals surface area contributed by atoms with Gasteiger partial charge in [0.25, 0.3) is 0 Å². The number of hydrogen-bond acceptors (Lipinski definition) is 4. The minimum atomic E-state index is -0.157. The monoisotopic (exact) mass is 314 g/mol. The number of amides is 1. The second kappa shape index (κ2) is 6.02. The van der Waals surface area contributed by atoms with Crippen LogP contribution in [0.4, 0.5) is 0 Å². The molecule has 0 saturated heterocycles. The van der Waals surface area contributed by atoms with Crippen LogP contribution >= 0.6 is 11.3 Å². The molecule has 5 heteroatoms. The number of ketones is 1. The summed E-state index contributed by atoms with van der Waals surface area (Å²) in [6.45, 7) is 1.53. The Morgan fingerprint density at radius 3 is 2.82 bits per heavy atom. The van der Waals surface area contributed by atoms with Crippen molar-refractivity contribution in [1.82, 2.24) is 5.32 Å². The third-order valence-electron chi connectivity index (χ3n) is 4.00. The van der Waals surface area contributed by atoms with Gasteiger partial charge in [0.15, 0.2) is 5.78 Å². The molecule has 2 atom stereocenters. The lowest BCUT2D eigenvalue weighted by molar-refractivity contribution is -0.121. The number of carbonyl (C=O) groups is 2. The maximum absolute atomic E-state index is 12.2. The first-order chi connectivity index (χ1) is 10.5. The van der Waals surface area contributed by atoms with E-state index in [1.807, 2.05) is 23.6 Å². The number of rotatable bonds is 4. The number of benzene rings is 1. The quantitative estimate of drug-likeness (QED) is 0.850. The summed E-state index contributed by atoms with van der Waals surface area (Å²) in [7, 11) is 0. The molecule has 3 rings (SSSR count). The highest BCUT2D eigenvalue weighted by Gasteiger charge is 2.30. The molecule has 22 heavy (non-hydrogen) atoms. The van der Waals surface area contributed by atoms with Crippen molar-refractivity contribution < 1.29 is 9.59 Å². The van der Waals surface area contributed by atoms with Crippen LogP contribution in [0.3, 0.4) is 0 Å². The predicted molar refractivity (Wildman–Crippen MR) is 87.0 cm³/mol. The Hall–Kier alpha value is -1.98. The summed E-state index contributed by atoms with van der Waals surface area (Å²) < 4.78 is 0. The smallest absolute Gasteiger partial charge is 0.224 e. The predicted octanol–water partition coefficient (Wildman–Crippen LogP) is 2.23. The average molecular weight is 314 g/mol. The van der Waals surface area contributed by atoms with Gasteiger partial charge in [-0.2, -0.15) is 0 Å². The van der Waals surface area contributed by atoms with E-state index in [0.29, 0.717) is 4.88 Å². The molecule has 3 N–H and O–H groups in total. The van der Waals surface area contributed by atoms with Crippen LogP contribution in [0.5, 0.6) is 0 Å². The van der Waals surface area contributed by atoms with E-state index in [1.54, 1.807) is 6.07 Å². The van der Waals surface area contributed by atoms with Gasteiger partial charge in [0, 0.05) is 0 Å². The summed E-state index contributed by atoms with van der Waals surface area (Å²) in [5.74, 6) is -0.0221. The third kappa shape index (κ3) is 2.96. The molecule has 1 aliphatic carbocycles. The lowest BCUT2D eigenvalue weighted by atomic mass is 10.1. The number of thiophene rings is 1. The molecule has 114 valence electrons. The van der Waals surface area contributed by atoms with Crippen molar-refractivity contribution in [2.24, 2.45) is 5.73 Å². The molecule has 1 heterocycles. The summed E-state index contributed by atoms with van der Waals surface area (Å²) in [5, 5.41) is 4.88. The first-order valence-corrected chi connectivity index (χ1v) is 8.13. The van der Waals surface area contributed by atoms with Crippen molar-refractivity contribution in [3.63, 3.8) is 0 Å². The lowest BCUT2D eigenvalue weighted by Gasteiger charge is -2.17. The van der Waals surface area contributed by atoms with Crippen LogP contribution < -0.4 is 11.1 Å². The van der Waals surface area contributed by atoms with Gasteiger partial charge < -0.3 is 11.1 Å². The summed E-state index contributed by atoms with van der Waals surface area (Å²) in [5.41, 5.74) is 9.41. The van der Waals surface area contributed by atoms with Gasteiger partial charge in [-0.05, 0) is 41.5 Å². The van der Waals surface area contributed by atoms with Crippen LogP contribution in [0, 0.1) is 0 Å². The highest BCUT2D eigenvalue weighted by Crippen LogP contribution is 2.29. The van der Waals surface area contributed by atoms with Crippen LogP contribution in [-0.2, 0) is 17.6 Å². The van der Waals surface area contributed by atoms with Crippen LogP contribution in [0.1, 0.15) is 39.3 Å². The standard InChI is InChI=1S/C17H18N2O2S/c1-10(20)15-6-11(9-22-15)7-16(21)19-14-8-12-4-2-3-5-13(12)17(14)18/h2-6,9,14,17H,7-8,18H2,1H3,(H,19,21). The summed E-state index contributed by atoms with van der Waals surface area (Å²) in [4.78, 5) is 24.2. The molecule has 1 amide bonds. The number of carbonyl (C=O) groups excluding carboxylic acids is 2. The Labute approximate surface area is 133 Å². The molecule has 4 nitrogen and oxygen atoms in total. The van der Waals surface area contributed by atoms with E-state index in [2.05, 4.69) is 11.4 Å². The number of hydrogen-bond donors (Lipinski definition) is 2. The highest BCUT2D eigenvalue weighted by atomic mass is 32.1. The van der Waals surface area contributed by atoms with Crippen LogP contribution in [0.15, 0.2) is 35.7 Å². The van der Waals surface area contributed by atoms with E-state index < -0.39 is 0 Å². The fraction of sp³-hybridized carbons (Fsp3) is 0.294. The normalized spacial score (nSPS) is 19.7. The van der Waals surface area contributed by atoms with Gasteiger partial charge in [-0.1, -0.05) is 24.3 Å². The van der Waals surface area contributed by atoms with Crippen LogP contribution in [0.25, 0.3) is 0 Å². The van der Waals surface area contributed by atoms with E-state index >= 15 is 0 Å². The van der Waals surface area contributed by atoms with E-state index in [4.69, 9.17) is 5.73 Å². The van der Waals surface area contributed by atoms with Crippen molar-refractivity contribution in [2.45, 2.75) is 31.8 Å². The van der Waals surface area contributed by atoms with E-state index in [-0.39, 0.29) is 30.2 Å². The van der Waals surface area contributed by atoms with Crippen molar-refractivity contribution in [3.05, 3.63) is 57.3 Å². The summed E-state index contributed by atoms with van der Waals surface area (Å²) in [6, 6.07) is 9.60. The second-order valence-electron chi connectivity index (χ2n) is 5.65. The van der Waals surface area contributed by atoms with Crippen LogP contribution in [0.2, 0.25) is 0 Å². The average Bonchev–Trinajstić information content (AvgIpc) is 3.06. The fourth-order valence-corrected chi connectivity index (χ4v) is 3.68. The Morgan fingerprint density at radius 2 is 2.14 bits per heavy atom. The largest absolute Gasteiger partial charge is 0.351 e. The van der Waals surface area contributed by atoms with Crippen molar-refractivity contribution >= 4 is 23.0 Å². The number of Topliss-reactive ketones (excluding diaryl/α,β-unsaturated/α-hetero) is 1. The van der Waals surface area contributed by atoms with Gasteiger partial charge >= 0.3 is 0 Å². The number of nitrogens with one attached hydrogen (secondary N) is 1. The number of nitrogens with two attached hydrogens (primary N) is 1. The zero-order chi connectivity index (χ0) is 15.7. The third-order valence-corrected chi connectivity index (χ3v) is 5.08. The first-order valence-electron chi connectivity index (χ1n) is 7.25. The van der Waals surface area contributed by atoms with E-state index in [0.717, 1.165) is 17.5 Å². The molecular formula is C17H18N2O2S. The Bertz CT molecular complexity index is 723. The van der Waals surface area contributed by atoms with Crippen LogP contribution in [-0.4, -0.2) is 17.7 Å². The van der Waals surface area contributed by atoms with E-state index in [9.17, 15) is 9.59 Å². The molecule has 1 aromatic heterocycles. The van der Waals surface area contributed by atoms with E-state index in [1.165, 1.54) is 23.8 Å². The first kappa shape index (κ1) is 14.9. The van der Waals surface area contributed by atoms with Gasteiger partial charge in [0.05, 0.1) is 23.4 Å². The molecule has 1 aromatic carbocycles. The Kier molecular flexibility index (Phi) is 4.09. The van der Waals surface area contributed by atoms with Gasteiger partial charge in [0.2, 0.25) is 5.91 Å². The van der Waals surface area contributed by atoms with Crippen molar-refractivity contribution in [3.8, 4) is 0 Å². The van der Waals surface area contributed by atoms with Gasteiger partial charge in [0.1, 0.15) is 0 Å². The zero-order valence-electron chi connectivity index (χ0n) is 12.3. The molecule has 0 radical (unpaired) electrons. The summed E-state index contributed by atoms with van der Waals surface area (Å²) >= 11 is 1.38. The number of fused-ring (bicyclic) bond motifs is 1. The maximum Gasteiger partial charge on any atom is 0.224 e. The zero-order valence-corrected chi connectivity index (χ0v) is 13.2. The van der Waals surface area contributed by atoms with Gasteiger partial charge in [-0.15, -0.1) is 11.3 Å². The second-order valence-corrected chi connectivity index (χ2v) is 6.57. The SMILES string of the molecule is CC(=O)c1cc(CC(=O)NC2Cc3ccccc3C2N)cs1. The molecule has 0 bridgehead atoms. The molecule has 2 unspecified atom stereocenters. The molecule has 2 aromatic rings. The fourth-order valence-electron chi connectivity index (χ4n) is 2.86. The molecule has 0 saturated carbocycles. The minimum Gasteiger partial charge on any atom is -0.351 e. The summed E-state index contributed by atoms with van der Waals surface area (Å²) in [6.07, 6.45) is 1.05. The molecule has 0 spiro atoms. The van der Waals surface area contributed by atoms with Gasteiger partial charge in [-0.3, -0.25) is 9.59 Å². The van der Waals surface area contributed by atoms with Crippen molar-refractivity contribution in [1.29, 1.82) is 0 Å². The molecule has 1 aliphatic rings. The topological polar surface area (TPSA) is 72.2 Å². The Balaban J connectivity index is 1.62. The van der Waals surface area contributed by atoms with Gasteiger partial charge in [-0.25, -0.2) is 0 Å².